The number of carbonyl (C=O) groups excluding carboxylic acids is 1. The Hall–Kier alpha value is -2.60. The summed E-state index contributed by atoms with van der Waals surface area (Å²) in [5.74, 6) is 0.733. The van der Waals surface area contributed by atoms with Crippen LogP contribution in [0.25, 0.3) is 11.4 Å². The molecule has 0 unspecified atom stereocenters. The first-order valence-electron chi connectivity index (χ1n) is 9.69. The number of thioether (sulfide) groups is 1. The van der Waals surface area contributed by atoms with Crippen LogP contribution in [-0.4, -0.2) is 25.9 Å². The standard InChI is InChI=1S/C23H28N4OS/c1-15-7-13-19(14-8-15)24-21(28)16(2)29-22-26-25-20(27(22)6)17-9-11-18(12-10-17)23(3,4)5/h7-14,16H,1-6H3,(H,24,28)/t16-/m1/s1. The second-order valence-corrected chi connectivity index (χ2v) is 9.62. The van der Waals surface area contributed by atoms with Gasteiger partial charge in [0.1, 0.15) is 0 Å². The highest BCUT2D eigenvalue weighted by Crippen LogP contribution is 2.28. The highest BCUT2D eigenvalue weighted by atomic mass is 32.2. The Morgan fingerprint density at radius 3 is 2.24 bits per heavy atom. The van der Waals surface area contributed by atoms with Gasteiger partial charge in [-0.25, -0.2) is 0 Å². The zero-order valence-corrected chi connectivity index (χ0v) is 18.7. The van der Waals surface area contributed by atoms with E-state index in [9.17, 15) is 4.79 Å². The van der Waals surface area contributed by atoms with Gasteiger partial charge >= 0.3 is 0 Å². The number of hydrogen-bond acceptors (Lipinski definition) is 4. The van der Waals surface area contributed by atoms with Crippen LogP contribution in [0.3, 0.4) is 0 Å². The van der Waals surface area contributed by atoms with E-state index in [1.807, 2.05) is 49.7 Å². The monoisotopic (exact) mass is 408 g/mol. The maximum Gasteiger partial charge on any atom is 0.237 e. The van der Waals surface area contributed by atoms with Crippen molar-refractivity contribution in [2.24, 2.45) is 7.05 Å². The van der Waals surface area contributed by atoms with Crippen LogP contribution in [0.1, 0.15) is 38.8 Å². The van der Waals surface area contributed by atoms with E-state index < -0.39 is 0 Å². The van der Waals surface area contributed by atoms with Gasteiger partial charge in [0, 0.05) is 18.3 Å². The van der Waals surface area contributed by atoms with Gasteiger partial charge in [0.05, 0.1) is 5.25 Å². The summed E-state index contributed by atoms with van der Waals surface area (Å²) in [6.45, 7) is 10.5. The summed E-state index contributed by atoms with van der Waals surface area (Å²) < 4.78 is 1.94. The van der Waals surface area contributed by atoms with Crippen molar-refractivity contribution in [3.8, 4) is 11.4 Å². The van der Waals surface area contributed by atoms with Gasteiger partial charge in [0.2, 0.25) is 5.91 Å². The molecule has 0 aliphatic rings. The first-order valence-corrected chi connectivity index (χ1v) is 10.6. The molecule has 0 spiro atoms. The topological polar surface area (TPSA) is 59.8 Å². The predicted octanol–water partition coefficient (Wildman–Crippen LogP) is 5.21. The lowest BCUT2D eigenvalue weighted by Gasteiger charge is -2.19. The van der Waals surface area contributed by atoms with Gasteiger partial charge in [0.25, 0.3) is 0 Å². The molecule has 0 aliphatic heterocycles. The molecule has 0 saturated heterocycles. The lowest BCUT2D eigenvalue weighted by molar-refractivity contribution is -0.115. The molecule has 0 aliphatic carbocycles. The van der Waals surface area contributed by atoms with E-state index in [1.165, 1.54) is 17.3 Å². The van der Waals surface area contributed by atoms with Crippen LogP contribution in [0, 0.1) is 6.92 Å². The van der Waals surface area contributed by atoms with E-state index in [1.54, 1.807) is 0 Å². The predicted molar refractivity (Wildman–Crippen MR) is 120 cm³/mol. The summed E-state index contributed by atoms with van der Waals surface area (Å²) in [5, 5.41) is 12.0. The molecule has 1 aromatic heterocycles. The Kier molecular flexibility index (Phi) is 6.13. The van der Waals surface area contributed by atoms with Crippen molar-refractivity contribution >= 4 is 23.4 Å². The van der Waals surface area contributed by atoms with Crippen molar-refractivity contribution in [3.05, 3.63) is 59.7 Å². The Labute approximate surface area is 176 Å². The fourth-order valence-electron chi connectivity index (χ4n) is 2.88. The summed E-state index contributed by atoms with van der Waals surface area (Å²) in [6.07, 6.45) is 0. The third-order valence-corrected chi connectivity index (χ3v) is 5.95. The van der Waals surface area contributed by atoms with Gasteiger partial charge in [0.15, 0.2) is 11.0 Å². The minimum atomic E-state index is -0.296. The summed E-state index contributed by atoms with van der Waals surface area (Å²) in [6, 6.07) is 16.2. The van der Waals surface area contributed by atoms with E-state index in [4.69, 9.17) is 0 Å². The molecule has 1 amide bonds. The summed E-state index contributed by atoms with van der Waals surface area (Å²) >= 11 is 1.40. The number of anilines is 1. The van der Waals surface area contributed by atoms with E-state index in [2.05, 4.69) is 60.6 Å². The van der Waals surface area contributed by atoms with Gasteiger partial charge in [-0.1, -0.05) is 74.5 Å². The number of rotatable bonds is 5. The van der Waals surface area contributed by atoms with Gasteiger partial charge in [-0.05, 0) is 37.0 Å². The number of nitrogens with one attached hydrogen (secondary N) is 1. The molecule has 152 valence electrons. The average Bonchev–Trinajstić information content (AvgIpc) is 3.03. The van der Waals surface area contributed by atoms with Crippen LogP contribution in [0.2, 0.25) is 0 Å². The zero-order valence-electron chi connectivity index (χ0n) is 17.9. The highest BCUT2D eigenvalue weighted by molar-refractivity contribution is 8.00. The lowest BCUT2D eigenvalue weighted by atomic mass is 9.87. The molecular formula is C23H28N4OS. The highest BCUT2D eigenvalue weighted by Gasteiger charge is 2.20. The second-order valence-electron chi connectivity index (χ2n) is 8.31. The normalized spacial score (nSPS) is 12.6. The van der Waals surface area contributed by atoms with Crippen molar-refractivity contribution in [3.63, 3.8) is 0 Å². The molecule has 3 rings (SSSR count). The Morgan fingerprint density at radius 1 is 1.03 bits per heavy atom. The molecule has 1 heterocycles. The Bertz CT molecular complexity index is 985. The molecule has 0 saturated carbocycles. The molecule has 29 heavy (non-hydrogen) atoms. The van der Waals surface area contributed by atoms with Crippen molar-refractivity contribution < 1.29 is 4.79 Å². The van der Waals surface area contributed by atoms with Gasteiger partial charge in [-0.2, -0.15) is 0 Å². The first-order chi connectivity index (χ1) is 13.6. The van der Waals surface area contributed by atoms with Crippen LogP contribution in [0.15, 0.2) is 53.7 Å². The Balaban J connectivity index is 1.70. The molecule has 1 N–H and O–H groups in total. The van der Waals surface area contributed by atoms with Gasteiger partial charge < -0.3 is 9.88 Å². The maximum absolute atomic E-state index is 12.5. The third kappa shape index (κ3) is 5.07. The van der Waals surface area contributed by atoms with Crippen LogP contribution in [-0.2, 0) is 17.3 Å². The summed E-state index contributed by atoms with van der Waals surface area (Å²) in [4.78, 5) is 12.5. The number of carbonyl (C=O) groups is 1. The van der Waals surface area contributed by atoms with E-state index in [-0.39, 0.29) is 16.6 Å². The molecule has 0 bridgehead atoms. The molecule has 6 heteroatoms. The fourth-order valence-corrected chi connectivity index (χ4v) is 3.70. The van der Waals surface area contributed by atoms with Crippen molar-refractivity contribution in [2.75, 3.05) is 5.32 Å². The summed E-state index contributed by atoms with van der Waals surface area (Å²) in [7, 11) is 1.93. The first kappa shape index (κ1) is 21.1. The number of amides is 1. The zero-order chi connectivity index (χ0) is 21.2. The summed E-state index contributed by atoms with van der Waals surface area (Å²) in [5.41, 5.74) is 4.36. The molecule has 3 aromatic rings. The average molecular weight is 409 g/mol. The third-order valence-electron chi connectivity index (χ3n) is 4.81. The maximum atomic E-state index is 12.5. The second kappa shape index (κ2) is 8.41. The van der Waals surface area contributed by atoms with Crippen molar-refractivity contribution in [1.29, 1.82) is 0 Å². The van der Waals surface area contributed by atoms with E-state index >= 15 is 0 Å². The fraction of sp³-hybridized carbons (Fsp3) is 0.348. The minimum Gasteiger partial charge on any atom is -0.325 e. The smallest absolute Gasteiger partial charge is 0.237 e. The quantitative estimate of drug-likeness (QED) is 0.589. The van der Waals surface area contributed by atoms with Crippen LogP contribution in [0.5, 0.6) is 0 Å². The number of aryl methyl sites for hydroxylation is 1. The number of nitrogens with zero attached hydrogens (tertiary/aromatic N) is 3. The Morgan fingerprint density at radius 2 is 1.66 bits per heavy atom. The van der Waals surface area contributed by atoms with E-state index in [0.29, 0.717) is 5.16 Å². The largest absolute Gasteiger partial charge is 0.325 e. The van der Waals surface area contributed by atoms with Crippen LogP contribution < -0.4 is 5.32 Å². The number of aromatic nitrogens is 3. The van der Waals surface area contributed by atoms with Crippen LogP contribution in [0.4, 0.5) is 5.69 Å². The minimum absolute atomic E-state index is 0.0575. The lowest BCUT2D eigenvalue weighted by Crippen LogP contribution is -2.22. The molecule has 0 radical (unpaired) electrons. The van der Waals surface area contributed by atoms with Gasteiger partial charge in [-0.15, -0.1) is 10.2 Å². The molecule has 1 atom stereocenters. The van der Waals surface area contributed by atoms with E-state index in [0.717, 1.165) is 22.6 Å². The molecular weight excluding hydrogens is 380 g/mol. The number of hydrogen-bond donors (Lipinski definition) is 1. The SMILES string of the molecule is Cc1ccc(NC(=O)[C@@H](C)Sc2nnc(-c3ccc(C(C)(C)C)cc3)n2C)cc1. The molecule has 0 fully saturated rings. The van der Waals surface area contributed by atoms with Crippen molar-refractivity contribution in [2.45, 2.75) is 50.4 Å². The van der Waals surface area contributed by atoms with Crippen molar-refractivity contribution in [1.82, 2.24) is 14.8 Å². The molecule has 2 aromatic carbocycles. The molecule has 5 nitrogen and oxygen atoms in total. The van der Waals surface area contributed by atoms with Crippen LogP contribution >= 0.6 is 11.8 Å². The van der Waals surface area contributed by atoms with Gasteiger partial charge in [-0.3, -0.25) is 4.79 Å². The number of benzene rings is 2.